The summed E-state index contributed by atoms with van der Waals surface area (Å²) >= 11 is 0. The summed E-state index contributed by atoms with van der Waals surface area (Å²) in [5.74, 6) is 0.574. The largest absolute Gasteiger partial charge is 0.319 e. The highest BCUT2D eigenvalue weighted by Gasteiger charge is 2.10. The predicted molar refractivity (Wildman–Crippen MR) is 72.8 cm³/mol. The van der Waals surface area contributed by atoms with Gasteiger partial charge in [-0.1, -0.05) is 13.0 Å². The van der Waals surface area contributed by atoms with Crippen molar-refractivity contribution in [2.45, 2.75) is 19.9 Å². The molecule has 0 bridgehead atoms. The molecule has 0 fully saturated rings. The maximum atomic E-state index is 8.72. The van der Waals surface area contributed by atoms with Crippen molar-refractivity contribution in [3.63, 3.8) is 0 Å². The fraction of sp³-hybridized carbons (Fsp3) is 0.571. The Labute approximate surface area is 110 Å². The highest BCUT2D eigenvalue weighted by molar-refractivity contribution is 5.08. The monoisotopic (exact) mass is 246 g/mol. The number of nitrogens with one attached hydrogen (secondary N) is 1. The van der Waals surface area contributed by atoms with Crippen LogP contribution in [0.15, 0.2) is 24.5 Å². The molecule has 0 aliphatic carbocycles. The summed E-state index contributed by atoms with van der Waals surface area (Å²) in [5, 5.41) is 11.9. The average Bonchev–Trinajstić information content (AvgIpc) is 2.37. The van der Waals surface area contributed by atoms with Gasteiger partial charge in [0.1, 0.15) is 0 Å². The zero-order valence-corrected chi connectivity index (χ0v) is 11.3. The minimum absolute atomic E-state index is 0.574. The third-order valence-corrected chi connectivity index (χ3v) is 2.79. The Kier molecular flexibility index (Phi) is 7.00. The van der Waals surface area contributed by atoms with Crippen molar-refractivity contribution in [3.05, 3.63) is 30.1 Å². The second-order valence-corrected chi connectivity index (χ2v) is 4.67. The maximum Gasteiger partial charge on any atom is 0.0635 e. The van der Waals surface area contributed by atoms with Crippen LogP contribution in [-0.4, -0.2) is 36.6 Å². The summed E-state index contributed by atoms with van der Waals surface area (Å²) in [7, 11) is 1.97. The van der Waals surface area contributed by atoms with Crippen molar-refractivity contribution in [3.8, 4) is 6.07 Å². The molecule has 1 aromatic heterocycles. The normalized spacial score (nSPS) is 12.3. The highest BCUT2D eigenvalue weighted by Crippen LogP contribution is 2.07. The number of rotatable bonds is 8. The molecule has 1 N–H and O–H groups in total. The van der Waals surface area contributed by atoms with Crippen molar-refractivity contribution in [1.82, 2.24) is 15.2 Å². The van der Waals surface area contributed by atoms with Crippen LogP contribution in [0, 0.1) is 17.2 Å². The Balaban J connectivity index is 2.52. The van der Waals surface area contributed by atoms with E-state index in [-0.39, 0.29) is 0 Å². The minimum Gasteiger partial charge on any atom is -0.319 e. The molecule has 0 spiro atoms. The van der Waals surface area contributed by atoms with Crippen LogP contribution >= 0.6 is 0 Å². The average molecular weight is 246 g/mol. The molecule has 18 heavy (non-hydrogen) atoms. The van der Waals surface area contributed by atoms with E-state index in [1.807, 2.05) is 19.3 Å². The van der Waals surface area contributed by atoms with Gasteiger partial charge in [0.15, 0.2) is 0 Å². The van der Waals surface area contributed by atoms with Crippen molar-refractivity contribution in [1.29, 1.82) is 5.26 Å². The molecule has 0 amide bonds. The summed E-state index contributed by atoms with van der Waals surface area (Å²) in [6, 6.07) is 6.25. The van der Waals surface area contributed by atoms with Gasteiger partial charge in [0.2, 0.25) is 0 Å². The van der Waals surface area contributed by atoms with E-state index in [1.54, 1.807) is 6.20 Å². The third-order valence-electron chi connectivity index (χ3n) is 2.79. The van der Waals surface area contributed by atoms with Gasteiger partial charge < -0.3 is 5.32 Å². The number of pyridine rings is 1. The van der Waals surface area contributed by atoms with Gasteiger partial charge in [-0.05, 0) is 31.1 Å². The van der Waals surface area contributed by atoms with Crippen LogP contribution in [0.2, 0.25) is 0 Å². The van der Waals surface area contributed by atoms with Gasteiger partial charge in [-0.2, -0.15) is 5.26 Å². The Hall–Kier alpha value is -1.44. The van der Waals surface area contributed by atoms with Gasteiger partial charge in [0.25, 0.3) is 0 Å². The number of hydrogen-bond acceptors (Lipinski definition) is 4. The first-order valence-corrected chi connectivity index (χ1v) is 6.39. The highest BCUT2D eigenvalue weighted by atomic mass is 15.1. The first-order valence-electron chi connectivity index (χ1n) is 6.39. The zero-order valence-electron chi connectivity index (χ0n) is 11.3. The second kappa shape index (κ2) is 8.62. The van der Waals surface area contributed by atoms with Gasteiger partial charge >= 0.3 is 0 Å². The van der Waals surface area contributed by atoms with E-state index in [9.17, 15) is 0 Å². The topological polar surface area (TPSA) is 52.0 Å². The first kappa shape index (κ1) is 14.6. The van der Waals surface area contributed by atoms with Gasteiger partial charge in [-0.25, -0.2) is 0 Å². The Morgan fingerprint density at radius 3 is 3.00 bits per heavy atom. The summed E-state index contributed by atoms with van der Waals surface area (Å²) in [4.78, 5) is 6.45. The Morgan fingerprint density at radius 2 is 2.39 bits per heavy atom. The lowest BCUT2D eigenvalue weighted by Gasteiger charge is -2.24. The number of nitriles is 1. The molecule has 4 nitrogen and oxygen atoms in total. The first-order chi connectivity index (χ1) is 8.76. The van der Waals surface area contributed by atoms with Crippen LogP contribution in [-0.2, 0) is 6.54 Å². The summed E-state index contributed by atoms with van der Waals surface area (Å²) in [6.07, 6.45) is 4.25. The lowest BCUT2D eigenvalue weighted by Crippen LogP contribution is -2.32. The van der Waals surface area contributed by atoms with Crippen LogP contribution in [0.1, 0.15) is 18.9 Å². The third kappa shape index (κ3) is 5.76. The number of nitrogens with zero attached hydrogens (tertiary/aromatic N) is 3. The molecule has 1 heterocycles. The molecule has 1 unspecified atom stereocenters. The van der Waals surface area contributed by atoms with Crippen LogP contribution in [0.3, 0.4) is 0 Å². The van der Waals surface area contributed by atoms with Gasteiger partial charge in [0.05, 0.1) is 6.07 Å². The van der Waals surface area contributed by atoms with Gasteiger partial charge in [-0.15, -0.1) is 0 Å². The van der Waals surface area contributed by atoms with E-state index >= 15 is 0 Å². The fourth-order valence-electron chi connectivity index (χ4n) is 2.05. The predicted octanol–water partition coefficient (Wildman–Crippen LogP) is 1.65. The Morgan fingerprint density at radius 1 is 1.56 bits per heavy atom. The molecule has 1 atom stereocenters. The molecule has 4 heteroatoms. The van der Waals surface area contributed by atoms with Crippen LogP contribution < -0.4 is 5.32 Å². The molecule has 0 saturated heterocycles. The van der Waals surface area contributed by atoms with Gasteiger partial charge in [-0.3, -0.25) is 9.88 Å². The van der Waals surface area contributed by atoms with Crippen LogP contribution in [0.4, 0.5) is 0 Å². The van der Waals surface area contributed by atoms with E-state index in [0.717, 1.165) is 26.2 Å². The lowest BCUT2D eigenvalue weighted by molar-refractivity contribution is 0.232. The SMILES string of the molecule is CNCC(C)CN(CCC#N)Cc1cccnc1. The summed E-state index contributed by atoms with van der Waals surface area (Å²) < 4.78 is 0. The summed E-state index contributed by atoms with van der Waals surface area (Å²) in [6.45, 7) is 5.90. The van der Waals surface area contributed by atoms with Gasteiger partial charge in [0, 0.05) is 38.4 Å². The zero-order chi connectivity index (χ0) is 13.2. The standard InChI is InChI=1S/C14H22N4/c1-13(9-16-2)11-18(8-4-6-15)12-14-5-3-7-17-10-14/h3,5,7,10,13,16H,4,8-9,11-12H2,1-2H3. The lowest BCUT2D eigenvalue weighted by atomic mass is 10.1. The summed E-state index contributed by atoms with van der Waals surface area (Å²) in [5.41, 5.74) is 1.20. The van der Waals surface area contributed by atoms with Crippen molar-refractivity contribution in [2.75, 3.05) is 26.7 Å². The van der Waals surface area contributed by atoms with E-state index < -0.39 is 0 Å². The molecule has 0 aliphatic heterocycles. The Bertz CT molecular complexity index is 358. The van der Waals surface area contributed by atoms with E-state index in [2.05, 4.69) is 34.3 Å². The van der Waals surface area contributed by atoms with E-state index in [1.165, 1.54) is 5.56 Å². The van der Waals surface area contributed by atoms with E-state index in [0.29, 0.717) is 12.3 Å². The quantitative estimate of drug-likeness (QED) is 0.758. The van der Waals surface area contributed by atoms with Crippen LogP contribution in [0.5, 0.6) is 0 Å². The van der Waals surface area contributed by atoms with Crippen molar-refractivity contribution in [2.24, 2.45) is 5.92 Å². The van der Waals surface area contributed by atoms with Crippen molar-refractivity contribution >= 4 is 0 Å². The van der Waals surface area contributed by atoms with Crippen LogP contribution in [0.25, 0.3) is 0 Å². The molecule has 0 aliphatic rings. The molecule has 0 saturated carbocycles. The maximum absolute atomic E-state index is 8.72. The molecule has 1 aromatic rings. The molecular formula is C14H22N4. The molecule has 98 valence electrons. The number of hydrogen-bond donors (Lipinski definition) is 1. The fourth-order valence-corrected chi connectivity index (χ4v) is 2.05. The number of aromatic nitrogens is 1. The van der Waals surface area contributed by atoms with Crippen molar-refractivity contribution < 1.29 is 0 Å². The molecular weight excluding hydrogens is 224 g/mol. The molecule has 1 rings (SSSR count). The molecule has 0 aromatic carbocycles. The smallest absolute Gasteiger partial charge is 0.0635 e. The molecule has 0 radical (unpaired) electrons. The minimum atomic E-state index is 0.574. The van der Waals surface area contributed by atoms with E-state index in [4.69, 9.17) is 5.26 Å². The second-order valence-electron chi connectivity index (χ2n) is 4.67.